The van der Waals surface area contributed by atoms with Crippen LogP contribution < -0.4 is 5.32 Å². The highest BCUT2D eigenvalue weighted by Gasteiger charge is 2.12. The molecule has 0 aromatic heterocycles. The molecular weight excluding hydrogens is 186 g/mol. The van der Waals surface area contributed by atoms with Crippen molar-refractivity contribution in [1.82, 2.24) is 5.32 Å². The van der Waals surface area contributed by atoms with Crippen molar-refractivity contribution in [2.75, 3.05) is 33.5 Å². The molecule has 0 aromatic rings. The summed E-state index contributed by atoms with van der Waals surface area (Å²) in [5, 5.41) is 11.6. The van der Waals surface area contributed by atoms with Crippen LogP contribution in [0.5, 0.6) is 0 Å². The minimum absolute atomic E-state index is 0.471. The lowest BCUT2D eigenvalue weighted by Gasteiger charge is -2.11. The Morgan fingerprint density at radius 1 is 1.43 bits per heavy atom. The molecule has 0 aromatic carbocycles. The van der Waals surface area contributed by atoms with Gasteiger partial charge in [-0.25, -0.2) is 0 Å². The van der Waals surface area contributed by atoms with Crippen LogP contribution in [0.1, 0.15) is 13.3 Å². The number of rotatable bonds is 9. The number of nitrogens with one attached hydrogen (secondary N) is 1. The van der Waals surface area contributed by atoms with Crippen molar-refractivity contribution < 1.29 is 19.4 Å². The molecule has 0 aliphatic rings. The zero-order chi connectivity index (χ0) is 10.8. The molecule has 84 valence electrons. The van der Waals surface area contributed by atoms with Crippen LogP contribution in [0.2, 0.25) is 0 Å². The third-order valence-electron chi connectivity index (χ3n) is 1.78. The number of hydrogen-bond acceptors (Lipinski definition) is 4. The Kier molecular flexibility index (Phi) is 8.51. The van der Waals surface area contributed by atoms with Crippen LogP contribution in [0.15, 0.2) is 0 Å². The van der Waals surface area contributed by atoms with Gasteiger partial charge in [-0.15, -0.1) is 0 Å². The SMILES string of the molecule is CCC(NCCOCCOC)C(=O)O. The number of aliphatic carboxylic acids is 1. The molecule has 0 bridgehead atoms. The molecule has 0 heterocycles. The minimum Gasteiger partial charge on any atom is -0.480 e. The molecule has 0 radical (unpaired) electrons. The summed E-state index contributed by atoms with van der Waals surface area (Å²) in [4.78, 5) is 10.6. The van der Waals surface area contributed by atoms with Crippen molar-refractivity contribution in [2.24, 2.45) is 0 Å². The molecule has 0 spiro atoms. The normalized spacial score (nSPS) is 12.7. The summed E-state index contributed by atoms with van der Waals surface area (Å²) in [6.07, 6.45) is 0.577. The van der Waals surface area contributed by atoms with E-state index in [1.54, 1.807) is 7.11 Å². The van der Waals surface area contributed by atoms with Gasteiger partial charge in [0.15, 0.2) is 0 Å². The lowest BCUT2D eigenvalue weighted by atomic mass is 10.2. The van der Waals surface area contributed by atoms with Crippen LogP contribution in [0.3, 0.4) is 0 Å². The average Bonchev–Trinajstić information content (AvgIpc) is 2.16. The molecular formula is C9H19NO4. The first kappa shape index (κ1) is 13.4. The third-order valence-corrected chi connectivity index (χ3v) is 1.78. The highest BCUT2D eigenvalue weighted by molar-refractivity contribution is 5.73. The summed E-state index contributed by atoms with van der Waals surface area (Å²) in [6.45, 7) is 4.00. The van der Waals surface area contributed by atoms with Crippen LogP contribution >= 0.6 is 0 Å². The smallest absolute Gasteiger partial charge is 0.320 e. The van der Waals surface area contributed by atoms with E-state index in [0.29, 0.717) is 32.8 Å². The summed E-state index contributed by atoms with van der Waals surface area (Å²) >= 11 is 0. The molecule has 0 saturated carbocycles. The standard InChI is InChI=1S/C9H19NO4/c1-3-8(9(11)12)10-4-5-14-7-6-13-2/h8,10H,3-7H2,1-2H3,(H,11,12). The van der Waals surface area contributed by atoms with Gasteiger partial charge in [-0.05, 0) is 6.42 Å². The Morgan fingerprint density at radius 2 is 2.14 bits per heavy atom. The van der Waals surface area contributed by atoms with E-state index in [4.69, 9.17) is 14.6 Å². The summed E-state index contributed by atoms with van der Waals surface area (Å²) in [5.41, 5.74) is 0. The third kappa shape index (κ3) is 6.82. The number of carboxylic acid groups (broad SMARTS) is 1. The summed E-state index contributed by atoms with van der Waals surface area (Å²) in [5.74, 6) is -0.815. The number of carbonyl (C=O) groups is 1. The highest BCUT2D eigenvalue weighted by Crippen LogP contribution is 1.89. The minimum atomic E-state index is -0.815. The van der Waals surface area contributed by atoms with Crippen LogP contribution in [-0.2, 0) is 14.3 Å². The Balaban J connectivity index is 3.29. The molecule has 0 fully saturated rings. The summed E-state index contributed by atoms with van der Waals surface area (Å²) < 4.78 is 9.96. The van der Waals surface area contributed by atoms with E-state index in [1.807, 2.05) is 6.92 Å². The van der Waals surface area contributed by atoms with Crippen LogP contribution in [0.25, 0.3) is 0 Å². The van der Waals surface area contributed by atoms with E-state index >= 15 is 0 Å². The first-order valence-corrected chi connectivity index (χ1v) is 4.75. The quantitative estimate of drug-likeness (QED) is 0.523. The van der Waals surface area contributed by atoms with Crippen molar-refractivity contribution >= 4 is 5.97 Å². The molecule has 0 aliphatic carbocycles. The van der Waals surface area contributed by atoms with Crippen molar-refractivity contribution in [2.45, 2.75) is 19.4 Å². The molecule has 5 heteroatoms. The van der Waals surface area contributed by atoms with Crippen molar-refractivity contribution in [1.29, 1.82) is 0 Å². The number of carboxylic acids is 1. The van der Waals surface area contributed by atoms with E-state index in [9.17, 15) is 4.79 Å². The zero-order valence-electron chi connectivity index (χ0n) is 8.78. The lowest BCUT2D eigenvalue weighted by molar-refractivity contribution is -0.139. The fraction of sp³-hybridized carbons (Fsp3) is 0.889. The molecule has 0 aliphatic heterocycles. The highest BCUT2D eigenvalue weighted by atomic mass is 16.5. The first-order valence-electron chi connectivity index (χ1n) is 4.75. The van der Waals surface area contributed by atoms with E-state index in [0.717, 1.165) is 0 Å². The molecule has 1 unspecified atom stereocenters. The Labute approximate surface area is 84.4 Å². The second-order valence-electron chi connectivity index (χ2n) is 2.86. The maximum absolute atomic E-state index is 10.6. The monoisotopic (exact) mass is 205 g/mol. The number of ether oxygens (including phenoxy) is 2. The van der Waals surface area contributed by atoms with Crippen LogP contribution in [-0.4, -0.2) is 50.6 Å². The zero-order valence-corrected chi connectivity index (χ0v) is 8.78. The largest absolute Gasteiger partial charge is 0.480 e. The predicted octanol–water partition coefficient (Wildman–Crippen LogP) is 0.102. The van der Waals surface area contributed by atoms with E-state index < -0.39 is 12.0 Å². The second kappa shape index (κ2) is 8.93. The summed E-state index contributed by atoms with van der Waals surface area (Å²) in [6, 6.07) is -0.471. The maximum atomic E-state index is 10.6. The van der Waals surface area contributed by atoms with Gasteiger partial charge in [-0.1, -0.05) is 6.92 Å². The first-order chi connectivity index (χ1) is 6.72. The number of hydrogen-bond donors (Lipinski definition) is 2. The van der Waals surface area contributed by atoms with E-state index in [1.165, 1.54) is 0 Å². The molecule has 2 N–H and O–H groups in total. The van der Waals surface area contributed by atoms with Crippen LogP contribution in [0, 0.1) is 0 Å². The Hall–Kier alpha value is -0.650. The van der Waals surface area contributed by atoms with Gasteiger partial charge in [0, 0.05) is 13.7 Å². The topological polar surface area (TPSA) is 67.8 Å². The van der Waals surface area contributed by atoms with Crippen molar-refractivity contribution in [3.8, 4) is 0 Å². The fourth-order valence-electron chi connectivity index (χ4n) is 0.956. The van der Waals surface area contributed by atoms with Gasteiger partial charge in [0.25, 0.3) is 0 Å². The molecule has 14 heavy (non-hydrogen) atoms. The van der Waals surface area contributed by atoms with Gasteiger partial charge in [0.05, 0.1) is 19.8 Å². The molecule has 1 atom stereocenters. The van der Waals surface area contributed by atoms with Gasteiger partial charge in [-0.3, -0.25) is 4.79 Å². The van der Waals surface area contributed by atoms with Crippen molar-refractivity contribution in [3.63, 3.8) is 0 Å². The predicted molar refractivity (Wildman–Crippen MR) is 52.4 cm³/mol. The van der Waals surface area contributed by atoms with Crippen molar-refractivity contribution in [3.05, 3.63) is 0 Å². The Morgan fingerprint density at radius 3 is 2.64 bits per heavy atom. The molecule has 5 nitrogen and oxygen atoms in total. The maximum Gasteiger partial charge on any atom is 0.320 e. The molecule has 0 saturated heterocycles. The van der Waals surface area contributed by atoms with Crippen LogP contribution in [0.4, 0.5) is 0 Å². The summed E-state index contributed by atoms with van der Waals surface area (Å²) in [7, 11) is 1.61. The molecule has 0 rings (SSSR count). The lowest BCUT2D eigenvalue weighted by Crippen LogP contribution is -2.38. The fourth-order valence-corrected chi connectivity index (χ4v) is 0.956. The van der Waals surface area contributed by atoms with E-state index in [-0.39, 0.29) is 0 Å². The van der Waals surface area contributed by atoms with Gasteiger partial charge in [0.2, 0.25) is 0 Å². The van der Waals surface area contributed by atoms with Gasteiger partial charge >= 0.3 is 5.97 Å². The van der Waals surface area contributed by atoms with Gasteiger partial charge < -0.3 is 19.9 Å². The Bertz CT molecular complexity index is 152. The average molecular weight is 205 g/mol. The van der Waals surface area contributed by atoms with Gasteiger partial charge in [-0.2, -0.15) is 0 Å². The second-order valence-corrected chi connectivity index (χ2v) is 2.86. The number of methoxy groups -OCH3 is 1. The van der Waals surface area contributed by atoms with E-state index in [2.05, 4.69) is 5.32 Å². The molecule has 0 amide bonds. The van der Waals surface area contributed by atoms with Gasteiger partial charge in [0.1, 0.15) is 6.04 Å².